The number of nitriles is 1. The van der Waals surface area contributed by atoms with Crippen molar-refractivity contribution in [1.29, 1.82) is 5.26 Å². The van der Waals surface area contributed by atoms with Crippen LogP contribution in [0.25, 0.3) is 16.7 Å². The molecule has 0 aliphatic carbocycles. The Morgan fingerprint density at radius 3 is 2.28 bits per heavy atom. The zero-order valence-corrected chi connectivity index (χ0v) is 22.8. The normalized spacial score (nSPS) is 12.8. The number of nitrogens with zero attached hydrogens (tertiary/aromatic N) is 1. The number of benzene rings is 3. The fourth-order valence-electron chi connectivity index (χ4n) is 3.40. The average Bonchev–Trinajstić information content (AvgIpc) is 2.82. The number of anilines is 1. The van der Waals surface area contributed by atoms with Crippen LogP contribution in [-0.4, -0.2) is 28.9 Å². The van der Waals surface area contributed by atoms with Crippen LogP contribution in [0.15, 0.2) is 77.5 Å². The Morgan fingerprint density at radius 2 is 1.67 bits per heavy atom. The first-order valence-electron chi connectivity index (χ1n) is 10.9. The molecule has 0 atom stereocenters. The van der Waals surface area contributed by atoms with Gasteiger partial charge in [-0.15, -0.1) is 0 Å². The van der Waals surface area contributed by atoms with Crippen LogP contribution < -0.4 is 5.32 Å². The molecular formula is C27H24AsF2N2O3S. The summed E-state index contributed by atoms with van der Waals surface area (Å²) in [6.07, 6.45) is 0. The van der Waals surface area contributed by atoms with Crippen LogP contribution in [0.1, 0.15) is 38.8 Å². The van der Waals surface area contributed by atoms with Gasteiger partial charge in [-0.3, -0.25) is 0 Å². The van der Waals surface area contributed by atoms with Gasteiger partial charge in [0.15, 0.2) is 0 Å². The maximum absolute atomic E-state index is 14.8. The van der Waals surface area contributed by atoms with Crippen molar-refractivity contribution in [3.8, 4) is 17.2 Å². The summed E-state index contributed by atoms with van der Waals surface area (Å²) < 4.78 is 54.2. The van der Waals surface area contributed by atoms with Gasteiger partial charge in [-0.05, 0) is 12.1 Å². The van der Waals surface area contributed by atoms with Crippen LogP contribution in [0, 0.1) is 17.1 Å². The predicted octanol–water partition coefficient (Wildman–Crippen LogP) is 6.31. The van der Waals surface area contributed by atoms with Gasteiger partial charge in [0.1, 0.15) is 11.9 Å². The van der Waals surface area contributed by atoms with E-state index in [0.29, 0.717) is 16.8 Å². The molecule has 0 aliphatic heterocycles. The number of amides is 1. The summed E-state index contributed by atoms with van der Waals surface area (Å²) in [5.41, 5.74) is 1.44. The van der Waals surface area contributed by atoms with Crippen LogP contribution >= 0.6 is 0 Å². The van der Waals surface area contributed by atoms with E-state index in [4.69, 9.17) is 5.26 Å². The van der Waals surface area contributed by atoms with E-state index in [-0.39, 0.29) is 25.8 Å². The Bertz CT molecular complexity index is 1490. The zero-order chi connectivity index (χ0) is 26.7. The van der Waals surface area contributed by atoms with E-state index in [1.165, 1.54) is 19.1 Å². The minimum absolute atomic E-state index is 0.0404. The molecule has 0 heterocycles. The minimum atomic E-state index is -3.46. The third kappa shape index (κ3) is 6.48. The molecule has 0 aliphatic rings. The SMILES string of the molecule is CC(=C(F)C(=O)Nc1ccc(-c2ccccc2S(=O)(=O)[As]C(C)(C)C)cc1)c1ccc(F)c(C#N)c1. The molecule has 0 aromatic heterocycles. The Labute approximate surface area is 215 Å². The second-order valence-corrected chi connectivity index (χ2v) is 17.6. The number of carbonyl (C=O) groups excluding carboxylic acids is 1. The van der Waals surface area contributed by atoms with Gasteiger partial charge in [0.25, 0.3) is 0 Å². The standard InChI is InChI=1S/C27H24AsF2N2O3S/c1-17(19-11-14-23(29)20(15-19)16-31)25(30)26(33)32-21-12-9-18(10-13-21)22-7-5-6-8-24(22)36(34,35)28-27(2,3)4/h5-15H,1-4H3,(H,32,33). The van der Waals surface area contributed by atoms with Crippen molar-refractivity contribution in [2.75, 3.05) is 5.32 Å². The molecule has 9 heteroatoms. The second kappa shape index (κ2) is 10.8. The third-order valence-electron chi connectivity index (χ3n) is 5.06. The van der Waals surface area contributed by atoms with Gasteiger partial charge in [0.2, 0.25) is 0 Å². The average molecular weight is 569 g/mol. The number of nitrogens with one attached hydrogen (secondary N) is 1. The predicted molar refractivity (Wildman–Crippen MR) is 138 cm³/mol. The van der Waals surface area contributed by atoms with Gasteiger partial charge in [0.05, 0.1) is 5.56 Å². The first-order chi connectivity index (χ1) is 16.8. The molecule has 0 saturated carbocycles. The quantitative estimate of drug-likeness (QED) is 0.278. The van der Waals surface area contributed by atoms with Gasteiger partial charge in [-0.25, -0.2) is 4.39 Å². The molecule has 1 N–H and O–H groups in total. The van der Waals surface area contributed by atoms with Gasteiger partial charge >= 0.3 is 171 Å². The fraction of sp³-hybridized carbons (Fsp3) is 0.185. The van der Waals surface area contributed by atoms with Crippen molar-refractivity contribution in [1.82, 2.24) is 0 Å². The molecule has 36 heavy (non-hydrogen) atoms. The van der Waals surface area contributed by atoms with Crippen molar-refractivity contribution < 1.29 is 22.0 Å². The third-order valence-corrected chi connectivity index (χ3v) is 13.0. The first-order valence-corrected chi connectivity index (χ1v) is 15.6. The van der Waals surface area contributed by atoms with E-state index >= 15 is 0 Å². The number of halogens is 2. The number of carbonyl (C=O) groups is 1. The monoisotopic (exact) mass is 569 g/mol. The van der Waals surface area contributed by atoms with Crippen LogP contribution in [0.3, 0.4) is 0 Å². The Morgan fingerprint density at radius 1 is 1.03 bits per heavy atom. The molecule has 3 rings (SSSR count). The Hall–Kier alpha value is -3.27. The van der Waals surface area contributed by atoms with Crippen LogP contribution in [-0.2, 0) is 12.9 Å². The molecule has 0 fully saturated rings. The van der Waals surface area contributed by atoms with Crippen LogP contribution in [0.2, 0.25) is 4.20 Å². The maximum atomic E-state index is 14.8. The number of rotatable bonds is 6. The van der Waals surface area contributed by atoms with Crippen molar-refractivity contribution in [2.24, 2.45) is 0 Å². The van der Waals surface area contributed by atoms with Crippen molar-refractivity contribution in [3.05, 3.63) is 89.5 Å². The summed E-state index contributed by atoms with van der Waals surface area (Å²) in [6.45, 7) is 7.07. The molecule has 185 valence electrons. The van der Waals surface area contributed by atoms with E-state index in [9.17, 15) is 22.0 Å². The second-order valence-electron chi connectivity index (χ2n) is 9.01. The van der Waals surface area contributed by atoms with E-state index in [2.05, 4.69) is 5.32 Å². The smallest absolute Gasteiger partial charge is 0.206 e. The van der Waals surface area contributed by atoms with Crippen LogP contribution in [0.5, 0.6) is 0 Å². The molecule has 1 radical (unpaired) electrons. The summed E-state index contributed by atoms with van der Waals surface area (Å²) in [5.74, 6) is -2.80. The summed E-state index contributed by atoms with van der Waals surface area (Å²) in [5, 5.41) is 11.4. The zero-order valence-electron chi connectivity index (χ0n) is 20.1. The van der Waals surface area contributed by atoms with E-state index in [1.807, 2.05) is 20.8 Å². The molecule has 0 spiro atoms. The summed E-state index contributed by atoms with van der Waals surface area (Å²) >= 11 is -1.01. The molecule has 5 nitrogen and oxygen atoms in total. The Balaban J connectivity index is 1.85. The number of hydrogen-bond acceptors (Lipinski definition) is 4. The number of allylic oxidation sites excluding steroid dienone is 1. The molecule has 0 saturated heterocycles. The topological polar surface area (TPSA) is 87.0 Å². The molecular weight excluding hydrogens is 545 g/mol. The molecule has 3 aromatic rings. The Kier molecular flexibility index (Phi) is 8.18. The van der Waals surface area contributed by atoms with Crippen molar-refractivity contribution in [2.45, 2.75) is 36.8 Å². The number of hydrogen-bond donors (Lipinski definition) is 1. The van der Waals surface area contributed by atoms with E-state index in [0.717, 1.165) is 6.07 Å². The van der Waals surface area contributed by atoms with E-state index < -0.39 is 40.2 Å². The van der Waals surface area contributed by atoms with Crippen LogP contribution in [0.4, 0.5) is 14.5 Å². The van der Waals surface area contributed by atoms with Gasteiger partial charge in [-0.1, -0.05) is 6.07 Å². The van der Waals surface area contributed by atoms with Gasteiger partial charge < -0.3 is 0 Å². The van der Waals surface area contributed by atoms with Crippen molar-refractivity contribution >= 4 is 39.9 Å². The van der Waals surface area contributed by atoms with Crippen molar-refractivity contribution in [3.63, 3.8) is 0 Å². The molecule has 0 bridgehead atoms. The molecule has 3 aromatic carbocycles. The molecule has 1 amide bonds. The minimum Gasteiger partial charge on any atom is -0.206 e. The fourth-order valence-corrected chi connectivity index (χ4v) is 11.1. The van der Waals surface area contributed by atoms with Gasteiger partial charge in [-0.2, -0.15) is 5.26 Å². The summed E-state index contributed by atoms with van der Waals surface area (Å²) in [7, 11) is -3.46. The summed E-state index contributed by atoms with van der Waals surface area (Å²) in [4.78, 5) is 12.7. The summed E-state index contributed by atoms with van der Waals surface area (Å²) in [6, 6.07) is 18.4. The van der Waals surface area contributed by atoms with Gasteiger partial charge in [0, 0.05) is 0 Å². The first kappa shape index (κ1) is 27.3. The van der Waals surface area contributed by atoms with E-state index in [1.54, 1.807) is 54.6 Å². The molecule has 0 unspecified atom stereocenters.